The summed E-state index contributed by atoms with van der Waals surface area (Å²) in [6, 6.07) is 7.89. The quantitative estimate of drug-likeness (QED) is 0.807. The van der Waals surface area contributed by atoms with Gasteiger partial charge < -0.3 is 24.4 Å². The van der Waals surface area contributed by atoms with Crippen LogP contribution in [0, 0.1) is 0 Å². The van der Waals surface area contributed by atoms with E-state index in [9.17, 15) is 9.90 Å². The number of aliphatic hydroxyl groups is 1. The van der Waals surface area contributed by atoms with Gasteiger partial charge >= 0.3 is 6.09 Å². The Balaban J connectivity index is 1.38. The van der Waals surface area contributed by atoms with Crippen molar-refractivity contribution in [3.05, 3.63) is 41.7 Å². The summed E-state index contributed by atoms with van der Waals surface area (Å²) in [5.74, 6) is 1.34. The first-order valence-corrected chi connectivity index (χ1v) is 10.5. The third kappa shape index (κ3) is 4.48. The molecule has 3 heterocycles. The fourth-order valence-corrected chi connectivity index (χ4v) is 3.94. The molecule has 1 fully saturated rings. The number of piperidine rings is 1. The number of aliphatic hydroxyl groups excluding tert-OH is 1. The molecule has 0 saturated carbocycles. The lowest BCUT2D eigenvalue weighted by Gasteiger charge is -2.31. The van der Waals surface area contributed by atoms with Gasteiger partial charge in [-0.1, -0.05) is 12.1 Å². The lowest BCUT2D eigenvalue weighted by atomic mass is 10.1. The van der Waals surface area contributed by atoms with Gasteiger partial charge in [-0.2, -0.15) is 0 Å². The van der Waals surface area contributed by atoms with Crippen molar-refractivity contribution in [1.29, 1.82) is 0 Å². The van der Waals surface area contributed by atoms with Crippen molar-refractivity contribution in [1.82, 2.24) is 14.9 Å². The molecule has 2 aliphatic heterocycles. The molecule has 8 heteroatoms. The Hall–Kier alpha value is -2.87. The Morgan fingerprint density at radius 2 is 2.00 bits per heavy atom. The van der Waals surface area contributed by atoms with Crippen molar-refractivity contribution in [3.63, 3.8) is 0 Å². The lowest BCUT2D eigenvalue weighted by molar-refractivity contribution is 0.0507. The van der Waals surface area contributed by atoms with Crippen LogP contribution in [0.15, 0.2) is 30.6 Å². The van der Waals surface area contributed by atoms with Gasteiger partial charge in [0.25, 0.3) is 0 Å². The van der Waals surface area contributed by atoms with Crippen molar-refractivity contribution < 1.29 is 19.4 Å². The minimum Gasteiger partial charge on any atom is -0.474 e. The number of hydrogen-bond donors (Lipinski definition) is 1. The zero-order chi connectivity index (χ0) is 21.1. The van der Waals surface area contributed by atoms with Gasteiger partial charge in [0.1, 0.15) is 18.2 Å². The van der Waals surface area contributed by atoms with Crippen LogP contribution >= 0.6 is 0 Å². The highest BCUT2D eigenvalue weighted by atomic mass is 16.6. The highest BCUT2D eigenvalue weighted by Crippen LogP contribution is 2.35. The molecule has 160 valence electrons. The normalized spacial score (nSPS) is 16.7. The predicted octanol–water partition coefficient (Wildman–Crippen LogP) is 3.05. The Morgan fingerprint density at radius 1 is 1.20 bits per heavy atom. The Labute approximate surface area is 176 Å². The smallest absolute Gasteiger partial charge is 0.410 e. The van der Waals surface area contributed by atoms with Gasteiger partial charge in [-0.25, -0.2) is 14.8 Å². The SMILES string of the molecule is CC(C)OC(=O)N1CCC(Oc2cc(N3CCc4cc(CO)ccc43)ncn2)CC1. The molecule has 0 radical (unpaired) electrons. The number of likely N-dealkylation sites (tertiary alicyclic amines) is 1. The van der Waals surface area contributed by atoms with Gasteiger partial charge in [0.05, 0.1) is 12.7 Å². The number of fused-ring (bicyclic) bond motifs is 1. The van der Waals surface area contributed by atoms with E-state index in [2.05, 4.69) is 14.9 Å². The number of benzene rings is 1. The number of anilines is 2. The van der Waals surface area contributed by atoms with Crippen molar-refractivity contribution >= 4 is 17.6 Å². The topological polar surface area (TPSA) is 88.0 Å². The van der Waals surface area contributed by atoms with E-state index in [4.69, 9.17) is 9.47 Å². The Morgan fingerprint density at radius 3 is 2.73 bits per heavy atom. The summed E-state index contributed by atoms with van der Waals surface area (Å²) >= 11 is 0. The number of aromatic nitrogens is 2. The summed E-state index contributed by atoms with van der Waals surface area (Å²) in [5, 5.41) is 9.35. The van der Waals surface area contributed by atoms with Crippen molar-refractivity contribution in [2.24, 2.45) is 0 Å². The molecule has 1 aromatic carbocycles. The summed E-state index contributed by atoms with van der Waals surface area (Å²) in [7, 11) is 0. The summed E-state index contributed by atoms with van der Waals surface area (Å²) in [6.45, 7) is 5.81. The molecule has 30 heavy (non-hydrogen) atoms. The fourth-order valence-electron chi connectivity index (χ4n) is 3.94. The molecule has 0 atom stereocenters. The molecule has 2 aromatic rings. The minimum absolute atomic E-state index is 0.00817. The third-order valence-electron chi connectivity index (χ3n) is 5.45. The van der Waals surface area contributed by atoms with Crippen molar-refractivity contribution in [2.75, 3.05) is 24.5 Å². The van der Waals surface area contributed by atoms with Crippen LogP contribution in [0.1, 0.15) is 37.8 Å². The Kier molecular flexibility index (Phi) is 6.03. The van der Waals surface area contributed by atoms with Crippen LogP contribution in [0.2, 0.25) is 0 Å². The molecule has 1 amide bonds. The second kappa shape index (κ2) is 8.87. The fraction of sp³-hybridized carbons (Fsp3) is 0.500. The zero-order valence-electron chi connectivity index (χ0n) is 17.5. The van der Waals surface area contributed by atoms with E-state index in [0.717, 1.165) is 42.9 Å². The minimum atomic E-state index is -0.259. The molecule has 1 saturated heterocycles. The molecule has 0 aliphatic carbocycles. The molecule has 8 nitrogen and oxygen atoms in total. The van der Waals surface area contributed by atoms with Gasteiger partial charge in [0.2, 0.25) is 5.88 Å². The second-order valence-electron chi connectivity index (χ2n) is 7.97. The van der Waals surface area contributed by atoms with Crippen LogP contribution in [0.3, 0.4) is 0 Å². The maximum atomic E-state index is 12.0. The van der Waals surface area contributed by atoms with Crippen LogP contribution in [0.4, 0.5) is 16.3 Å². The van der Waals surface area contributed by atoms with Crippen molar-refractivity contribution in [2.45, 2.75) is 51.9 Å². The number of ether oxygens (including phenoxy) is 2. The molecule has 4 rings (SSSR count). The molecule has 2 aliphatic rings. The molecule has 0 spiro atoms. The van der Waals surface area contributed by atoms with Crippen LogP contribution in [0.25, 0.3) is 0 Å². The average Bonchev–Trinajstić information content (AvgIpc) is 3.17. The van der Waals surface area contributed by atoms with E-state index < -0.39 is 0 Å². The van der Waals surface area contributed by atoms with E-state index in [-0.39, 0.29) is 24.9 Å². The largest absolute Gasteiger partial charge is 0.474 e. The van der Waals surface area contributed by atoms with Crippen molar-refractivity contribution in [3.8, 4) is 5.88 Å². The maximum absolute atomic E-state index is 12.0. The molecule has 1 aromatic heterocycles. The first-order chi connectivity index (χ1) is 14.5. The maximum Gasteiger partial charge on any atom is 0.410 e. The van der Waals surface area contributed by atoms with Crippen LogP contribution in [-0.2, 0) is 17.8 Å². The van der Waals surface area contributed by atoms with Gasteiger partial charge in [0.15, 0.2) is 0 Å². The molecule has 1 N–H and O–H groups in total. The number of nitrogens with zero attached hydrogens (tertiary/aromatic N) is 4. The summed E-state index contributed by atoms with van der Waals surface area (Å²) in [5.41, 5.74) is 3.24. The van der Waals surface area contributed by atoms with E-state index in [1.54, 1.807) is 4.90 Å². The number of hydrogen-bond acceptors (Lipinski definition) is 7. The van der Waals surface area contributed by atoms with Crippen LogP contribution in [0.5, 0.6) is 5.88 Å². The van der Waals surface area contributed by atoms with Gasteiger partial charge in [0, 0.05) is 44.2 Å². The molecular formula is C22H28N4O4. The highest BCUT2D eigenvalue weighted by molar-refractivity contribution is 5.68. The van der Waals surface area contributed by atoms with E-state index in [1.807, 2.05) is 38.1 Å². The van der Waals surface area contributed by atoms with Gasteiger partial charge in [-0.15, -0.1) is 0 Å². The number of amides is 1. The summed E-state index contributed by atoms with van der Waals surface area (Å²) < 4.78 is 11.4. The van der Waals surface area contributed by atoms with Crippen LogP contribution < -0.4 is 9.64 Å². The molecule has 0 unspecified atom stereocenters. The third-order valence-corrected chi connectivity index (χ3v) is 5.45. The summed E-state index contributed by atoms with van der Waals surface area (Å²) in [6.07, 6.45) is 3.55. The predicted molar refractivity (Wildman–Crippen MR) is 112 cm³/mol. The average molecular weight is 412 g/mol. The Bertz CT molecular complexity index is 896. The summed E-state index contributed by atoms with van der Waals surface area (Å²) in [4.78, 5) is 24.6. The number of carbonyl (C=O) groups excluding carboxylic acids is 1. The number of carbonyl (C=O) groups is 1. The highest BCUT2D eigenvalue weighted by Gasteiger charge is 2.26. The standard InChI is InChI=1S/C22H28N4O4/c1-15(2)29-22(28)25-8-6-18(7-9-25)30-21-12-20(23-14-24-21)26-10-5-17-11-16(13-27)3-4-19(17)26/h3-4,11-12,14-15,18,27H,5-10,13H2,1-2H3. The molecular weight excluding hydrogens is 384 g/mol. The number of rotatable bonds is 5. The van der Waals surface area contributed by atoms with E-state index in [1.165, 1.54) is 11.9 Å². The van der Waals surface area contributed by atoms with Crippen LogP contribution in [-0.4, -0.2) is 57.9 Å². The zero-order valence-corrected chi connectivity index (χ0v) is 17.5. The lowest BCUT2D eigenvalue weighted by Crippen LogP contribution is -2.42. The van der Waals surface area contributed by atoms with E-state index >= 15 is 0 Å². The van der Waals surface area contributed by atoms with Gasteiger partial charge in [-0.3, -0.25) is 0 Å². The molecule has 0 bridgehead atoms. The first-order valence-electron chi connectivity index (χ1n) is 10.5. The van der Waals surface area contributed by atoms with Gasteiger partial charge in [-0.05, 0) is 37.5 Å². The first kappa shape index (κ1) is 20.4. The van der Waals surface area contributed by atoms with E-state index in [0.29, 0.717) is 19.0 Å². The second-order valence-corrected chi connectivity index (χ2v) is 7.97. The monoisotopic (exact) mass is 412 g/mol.